The second-order valence-electron chi connectivity index (χ2n) is 5.97. The quantitative estimate of drug-likeness (QED) is 0.614. The summed E-state index contributed by atoms with van der Waals surface area (Å²) in [6.45, 7) is 0.0870. The van der Waals surface area contributed by atoms with Crippen molar-refractivity contribution in [2.24, 2.45) is 0 Å². The molecular formula is C16H14F3N3O4S. The SMILES string of the molecule is O=[N+]([O-])c1cccc(F)c1S(=O)(=O)NC1CCN(c2c(F)cccc2F)C1. The highest BCUT2D eigenvalue weighted by atomic mass is 32.2. The standard InChI is InChI=1S/C16H14F3N3O4S/c17-11-3-1-4-12(18)15(11)21-8-7-10(9-21)20-27(25,26)16-13(19)5-2-6-14(16)22(23)24/h1-6,10,20H,7-9H2. The topological polar surface area (TPSA) is 92.5 Å². The molecule has 0 saturated carbocycles. The summed E-state index contributed by atoms with van der Waals surface area (Å²) in [5.74, 6) is -2.84. The molecule has 1 atom stereocenters. The summed E-state index contributed by atoms with van der Waals surface area (Å²) in [4.78, 5) is 10.3. The van der Waals surface area contributed by atoms with Crippen molar-refractivity contribution in [1.29, 1.82) is 0 Å². The summed E-state index contributed by atoms with van der Waals surface area (Å²) >= 11 is 0. The molecule has 1 aliphatic rings. The van der Waals surface area contributed by atoms with Crippen molar-refractivity contribution in [3.63, 3.8) is 0 Å². The van der Waals surface area contributed by atoms with E-state index in [-0.39, 0.29) is 25.2 Å². The molecular weight excluding hydrogens is 387 g/mol. The fourth-order valence-electron chi connectivity index (χ4n) is 3.04. The molecule has 0 spiro atoms. The average molecular weight is 401 g/mol. The highest BCUT2D eigenvalue weighted by Gasteiger charge is 2.35. The number of rotatable bonds is 5. The van der Waals surface area contributed by atoms with E-state index in [1.54, 1.807) is 0 Å². The van der Waals surface area contributed by atoms with Crippen LogP contribution < -0.4 is 9.62 Å². The maximum atomic E-state index is 14.0. The summed E-state index contributed by atoms with van der Waals surface area (Å²) in [5.41, 5.74) is -1.17. The van der Waals surface area contributed by atoms with Crippen molar-refractivity contribution in [1.82, 2.24) is 4.72 Å². The van der Waals surface area contributed by atoms with Crippen LogP contribution >= 0.6 is 0 Å². The van der Waals surface area contributed by atoms with Crippen LogP contribution in [0.3, 0.4) is 0 Å². The zero-order valence-corrected chi connectivity index (χ0v) is 14.5. The minimum atomic E-state index is -4.56. The lowest BCUT2D eigenvalue weighted by Crippen LogP contribution is -2.38. The number of anilines is 1. The summed E-state index contributed by atoms with van der Waals surface area (Å²) in [6.07, 6.45) is 0.190. The molecule has 0 aromatic heterocycles. The van der Waals surface area contributed by atoms with E-state index in [4.69, 9.17) is 0 Å². The van der Waals surface area contributed by atoms with Gasteiger partial charge < -0.3 is 4.90 Å². The number of hydrogen-bond donors (Lipinski definition) is 1. The number of halogens is 3. The number of para-hydroxylation sites is 1. The predicted octanol–water partition coefficient (Wildman–Crippen LogP) is 2.57. The van der Waals surface area contributed by atoms with Crippen LogP contribution in [0.4, 0.5) is 24.5 Å². The first-order chi connectivity index (χ1) is 12.7. The lowest BCUT2D eigenvalue weighted by Gasteiger charge is -2.20. The molecule has 0 bridgehead atoms. The second-order valence-corrected chi connectivity index (χ2v) is 7.62. The smallest absolute Gasteiger partial charge is 0.292 e. The molecule has 0 radical (unpaired) electrons. The van der Waals surface area contributed by atoms with Gasteiger partial charge in [0, 0.05) is 25.2 Å². The lowest BCUT2D eigenvalue weighted by molar-refractivity contribution is -0.388. The van der Waals surface area contributed by atoms with Gasteiger partial charge in [0.05, 0.1) is 4.92 Å². The Labute approximate surface area is 152 Å². The Bertz CT molecular complexity index is 980. The van der Waals surface area contributed by atoms with Crippen molar-refractivity contribution < 1.29 is 26.5 Å². The molecule has 3 rings (SSSR count). The van der Waals surface area contributed by atoms with Crippen LogP contribution in [-0.2, 0) is 10.0 Å². The molecule has 1 fully saturated rings. The number of nitrogens with zero attached hydrogens (tertiary/aromatic N) is 2. The Morgan fingerprint density at radius 3 is 2.30 bits per heavy atom. The third-order valence-electron chi connectivity index (χ3n) is 4.18. The number of benzene rings is 2. The fourth-order valence-corrected chi connectivity index (χ4v) is 4.53. The van der Waals surface area contributed by atoms with E-state index in [0.717, 1.165) is 30.3 Å². The zero-order valence-electron chi connectivity index (χ0n) is 13.7. The van der Waals surface area contributed by atoms with Gasteiger partial charge >= 0.3 is 0 Å². The maximum absolute atomic E-state index is 14.0. The van der Waals surface area contributed by atoms with Gasteiger partial charge in [-0.05, 0) is 24.6 Å². The Morgan fingerprint density at radius 1 is 1.07 bits per heavy atom. The number of hydrogen-bond acceptors (Lipinski definition) is 5. The summed E-state index contributed by atoms with van der Waals surface area (Å²) in [6, 6.07) is 5.29. The average Bonchev–Trinajstić information content (AvgIpc) is 3.01. The molecule has 7 nitrogen and oxygen atoms in total. The van der Waals surface area contributed by atoms with Crippen molar-refractivity contribution in [2.75, 3.05) is 18.0 Å². The molecule has 1 N–H and O–H groups in total. The van der Waals surface area contributed by atoms with Crippen LogP contribution in [0, 0.1) is 27.6 Å². The largest absolute Gasteiger partial charge is 0.365 e. The molecule has 144 valence electrons. The van der Waals surface area contributed by atoms with Gasteiger partial charge in [0.2, 0.25) is 0 Å². The molecule has 2 aromatic rings. The Balaban J connectivity index is 1.84. The highest BCUT2D eigenvalue weighted by molar-refractivity contribution is 7.89. The third-order valence-corrected chi connectivity index (χ3v) is 5.76. The van der Waals surface area contributed by atoms with Crippen LogP contribution in [0.5, 0.6) is 0 Å². The van der Waals surface area contributed by atoms with Crippen molar-refractivity contribution in [2.45, 2.75) is 17.4 Å². The summed E-state index contributed by atoms with van der Waals surface area (Å²) in [7, 11) is -4.56. The first-order valence-corrected chi connectivity index (χ1v) is 9.33. The molecule has 0 aliphatic carbocycles. The fraction of sp³-hybridized carbons (Fsp3) is 0.250. The normalized spacial score (nSPS) is 17.3. The van der Waals surface area contributed by atoms with Crippen molar-refractivity contribution in [3.8, 4) is 0 Å². The van der Waals surface area contributed by atoms with E-state index in [0.29, 0.717) is 0 Å². The van der Waals surface area contributed by atoms with E-state index in [2.05, 4.69) is 4.72 Å². The molecule has 1 unspecified atom stereocenters. The third kappa shape index (κ3) is 3.74. The van der Waals surface area contributed by atoms with E-state index in [1.807, 2.05) is 0 Å². The number of nitro groups is 1. The van der Waals surface area contributed by atoms with E-state index >= 15 is 0 Å². The van der Waals surface area contributed by atoms with Gasteiger partial charge in [0.15, 0.2) is 4.90 Å². The molecule has 1 heterocycles. The monoisotopic (exact) mass is 401 g/mol. The van der Waals surface area contributed by atoms with Gasteiger partial charge in [-0.15, -0.1) is 0 Å². The van der Waals surface area contributed by atoms with Crippen molar-refractivity contribution >= 4 is 21.4 Å². The number of nitro benzene ring substituents is 1. The minimum absolute atomic E-state index is 0.0701. The summed E-state index contributed by atoms with van der Waals surface area (Å²) in [5, 5.41) is 11.0. The molecule has 2 aromatic carbocycles. The van der Waals surface area contributed by atoms with E-state index in [9.17, 15) is 31.7 Å². The molecule has 1 saturated heterocycles. The van der Waals surface area contributed by atoms with Gasteiger partial charge in [-0.3, -0.25) is 10.1 Å². The maximum Gasteiger partial charge on any atom is 0.292 e. The van der Waals surface area contributed by atoms with Gasteiger partial charge in [-0.25, -0.2) is 26.3 Å². The minimum Gasteiger partial charge on any atom is -0.365 e. The van der Waals surface area contributed by atoms with Gasteiger partial charge in [0.1, 0.15) is 23.1 Å². The van der Waals surface area contributed by atoms with Crippen LogP contribution in [0.15, 0.2) is 41.3 Å². The first kappa shape index (κ1) is 19.1. The second kappa shape index (κ2) is 7.16. The Kier molecular flexibility index (Phi) is 5.07. The van der Waals surface area contributed by atoms with Gasteiger partial charge in [0.25, 0.3) is 15.7 Å². The zero-order chi connectivity index (χ0) is 19.8. The van der Waals surface area contributed by atoms with E-state index in [1.165, 1.54) is 11.0 Å². The number of sulfonamides is 1. The van der Waals surface area contributed by atoms with Crippen LogP contribution in [0.1, 0.15) is 6.42 Å². The van der Waals surface area contributed by atoms with E-state index < -0.39 is 49.0 Å². The van der Waals surface area contributed by atoms with Crippen LogP contribution in [0.25, 0.3) is 0 Å². The number of nitrogens with one attached hydrogen (secondary N) is 1. The van der Waals surface area contributed by atoms with Crippen molar-refractivity contribution in [3.05, 3.63) is 64.0 Å². The first-order valence-electron chi connectivity index (χ1n) is 7.85. The van der Waals surface area contributed by atoms with Gasteiger partial charge in [-0.1, -0.05) is 12.1 Å². The van der Waals surface area contributed by atoms with Gasteiger partial charge in [-0.2, -0.15) is 0 Å². The van der Waals surface area contributed by atoms with Crippen LogP contribution in [0.2, 0.25) is 0 Å². The highest BCUT2D eigenvalue weighted by Crippen LogP contribution is 2.29. The Hall–Kier alpha value is -2.66. The molecule has 1 aliphatic heterocycles. The summed E-state index contributed by atoms with van der Waals surface area (Å²) < 4.78 is 68.9. The Morgan fingerprint density at radius 2 is 1.67 bits per heavy atom. The predicted molar refractivity (Wildman–Crippen MR) is 90.4 cm³/mol. The lowest BCUT2D eigenvalue weighted by atomic mass is 10.2. The molecule has 11 heteroatoms. The molecule has 0 amide bonds. The molecule has 27 heavy (non-hydrogen) atoms. The van der Waals surface area contributed by atoms with Crippen LogP contribution in [-0.4, -0.2) is 32.5 Å².